The quantitative estimate of drug-likeness (QED) is 0.396. The van der Waals surface area contributed by atoms with Gasteiger partial charge in [0.05, 0.1) is 5.92 Å². The van der Waals surface area contributed by atoms with Crippen molar-refractivity contribution >= 4 is 5.97 Å². The van der Waals surface area contributed by atoms with Gasteiger partial charge in [0, 0.05) is 0 Å². The van der Waals surface area contributed by atoms with E-state index in [0.29, 0.717) is 12.2 Å². The normalized spacial score (nSPS) is 12.9. The minimum absolute atomic E-state index is 0.165. The average Bonchev–Trinajstić information content (AvgIpc) is 2.57. The molecule has 0 saturated carbocycles. The van der Waals surface area contributed by atoms with Crippen molar-refractivity contribution in [2.24, 2.45) is 5.92 Å². The van der Waals surface area contributed by atoms with E-state index in [1.54, 1.807) is 0 Å². The lowest BCUT2D eigenvalue weighted by Crippen LogP contribution is -2.18. The predicted molar refractivity (Wildman–Crippen MR) is 114 cm³/mol. The van der Waals surface area contributed by atoms with Gasteiger partial charge in [0.2, 0.25) is 0 Å². The van der Waals surface area contributed by atoms with E-state index in [1.165, 1.54) is 38.5 Å². The summed E-state index contributed by atoms with van der Waals surface area (Å²) in [6, 6.07) is 3.93. The molecule has 3 heteroatoms. The lowest BCUT2D eigenvalue weighted by Gasteiger charge is -2.23. The number of hydrogen-bond donors (Lipinski definition) is 2. The molecule has 3 nitrogen and oxygen atoms in total. The first-order valence-electron chi connectivity index (χ1n) is 10.7. The van der Waals surface area contributed by atoms with E-state index in [4.69, 9.17) is 0 Å². The van der Waals surface area contributed by atoms with Crippen LogP contribution in [-0.2, 0) is 16.6 Å². The summed E-state index contributed by atoms with van der Waals surface area (Å²) in [5.41, 5.74) is 2.57. The SMILES string of the molecule is CCCCCCCCCCC(Cc1cc(C)c(O)c(C(C)(C)C)c1)C(=O)O. The fourth-order valence-corrected chi connectivity index (χ4v) is 3.67. The number of carboxylic acid groups (broad SMARTS) is 1. The maximum Gasteiger partial charge on any atom is 0.306 e. The first-order valence-corrected chi connectivity index (χ1v) is 10.7. The van der Waals surface area contributed by atoms with Gasteiger partial charge in [-0.25, -0.2) is 0 Å². The first kappa shape index (κ1) is 23.5. The highest BCUT2D eigenvalue weighted by atomic mass is 16.4. The molecule has 0 aliphatic heterocycles. The van der Waals surface area contributed by atoms with Crippen molar-refractivity contribution in [2.75, 3.05) is 0 Å². The monoisotopic (exact) mass is 376 g/mol. The van der Waals surface area contributed by atoms with E-state index < -0.39 is 5.97 Å². The van der Waals surface area contributed by atoms with Crippen molar-refractivity contribution in [3.63, 3.8) is 0 Å². The lowest BCUT2D eigenvalue weighted by molar-refractivity contribution is -0.142. The van der Waals surface area contributed by atoms with Crippen LogP contribution in [0.25, 0.3) is 0 Å². The van der Waals surface area contributed by atoms with Crippen LogP contribution in [0, 0.1) is 12.8 Å². The fourth-order valence-electron chi connectivity index (χ4n) is 3.67. The zero-order valence-electron chi connectivity index (χ0n) is 18.1. The molecule has 0 bridgehead atoms. The molecule has 0 aliphatic carbocycles. The Balaban J connectivity index is 2.60. The minimum atomic E-state index is -0.707. The number of phenolic OH excluding ortho intramolecular Hbond substituents is 1. The van der Waals surface area contributed by atoms with Crippen molar-refractivity contribution in [3.8, 4) is 5.75 Å². The molecule has 1 unspecified atom stereocenters. The zero-order chi connectivity index (χ0) is 20.4. The van der Waals surface area contributed by atoms with Crippen LogP contribution in [0.3, 0.4) is 0 Å². The summed E-state index contributed by atoms with van der Waals surface area (Å²) < 4.78 is 0. The van der Waals surface area contributed by atoms with Crippen LogP contribution < -0.4 is 0 Å². The molecule has 0 fully saturated rings. The Labute approximate surface area is 166 Å². The molecule has 0 radical (unpaired) electrons. The van der Waals surface area contributed by atoms with Gasteiger partial charge in [-0.15, -0.1) is 0 Å². The number of rotatable bonds is 12. The van der Waals surface area contributed by atoms with E-state index in [2.05, 4.69) is 27.7 Å². The molecular formula is C24H40O3. The van der Waals surface area contributed by atoms with Gasteiger partial charge in [-0.05, 0) is 41.9 Å². The van der Waals surface area contributed by atoms with Crippen LogP contribution in [-0.4, -0.2) is 16.2 Å². The van der Waals surface area contributed by atoms with E-state index in [1.807, 2.05) is 19.1 Å². The molecule has 0 amide bonds. The Morgan fingerprint density at radius 3 is 2.07 bits per heavy atom. The summed E-state index contributed by atoms with van der Waals surface area (Å²) >= 11 is 0. The maximum atomic E-state index is 11.7. The molecule has 2 N–H and O–H groups in total. The lowest BCUT2D eigenvalue weighted by atomic mass is 9.82. The van der Waals surface area contributed by atoms with Crippen molar-refractivity contribution in [2.45, 2.75) is 104 Å². The molecule has 1 aromatic rings. The summed E-state index contributed by atoms with van der Waals surface area (Å²) in [7, 11) is 0. The van der Waals surface area contributed by atoms with Crippen molar-refractivity contribution in [3.05, 3.63) is 28.8 Å². The van der Waals surface area contributed by atoms with Gasteiger partial charge in [-0.1, -0.05) is 91.2 Å². The summed E-state index contributed by atoms with van der Waals surface area (Å²) in [5.74, 6) is -0.718. The van der Waals surface area contributed by atoms with E-state index in [0.717, 1.165) is 36.0 Å². The Bertz CT molecular complexity index is 584. The summed E-state index contributed by atoms with van der Waals surface area (Å²) in [5, 5.41) is 20.0. The number of hydrogen-bond acceptors (Lipinski definition) is 2. The van der Waals surface area contributed by atoms with Crippen LogP contribution in [0.5, 0.6) is 5.75 Å². The van der Waals surface area contributed by atoms with Crippen LogP contribution in [0.4, 0.5) is 0 Å². The Morgan fingerprint density at radius 2 is 1.56 bits per heavy atom. The topological polar surface area (TPSA) is 57.5 Å². The zero-order valence-corrected chi connectivity index (χ0v) is 18.1. The number of aryl methyl sites for hydroxylation is 1. The van der Waals surface area contributed by atoms with Gasteiger partial charge >= 0.3 is 5.97 Å². The molecular weight excluding hydrogens is 336 g/mol. The molecule has 0 spiro atoms. The average molecular weight is 377 g/mol. The maximum absolute atomic E-state index is 11.7. The first-order chi connectivity index (χ1) is 12.7. The molecule has 1 rings (SSSR count). The summed E-state index contributed by atoms with van der Waals surface area (Å²) in [4.78, 5) is 11.7. The number of aliphatic carboxylic acids is 1. The molecule has 27 heavy (non-hydrogen) atoms. The predicted octanol–water partition coefficient (Wildman–Crippen LogP) is 6.77. The molecule has 0 aliphatic rings. The van der Waals surface area contributed by atoms with Crippen LogP contribution in [0.2, 0.25) is 0 Å². The van der Waals surface area contributed by atoms with Crippen LogP contribution in [0.15, 0.2) is 12.1 Å². The number of aromatic hydroxyl groups is 1. The van der Waals surface area contributed by atoms with E-state index >= 15 is 0 Å². The highest BCUT2D eigenvalue weighted by Gasteiger charge is 2.23. The second-order valence-electron chi connectivity index (χ2n) is 9.06. The van der Waals surface area contributed by atoms with Crippen molar-refractivity contribution < 1.29 is 15.0 Å². The molecule has 0 saturated heterocycles. The Kier molecular flexibility index (Phi) is 9.90. The van der Waals surface area contributed by atoms with E-state index in [9.17, 15) is 15.0 Å². The highest BCUT2D eigenvalue weighted by Crippen LogP contribution is 2.35. The minimum Gasteiger partial charge on any atom is -0.507 e. The van der Waals surface area contributed by atoms with Gasteiger partial charge < -0.3 is 10.2 Å². The third kappa shape index (κ3) is 8.36. The molecule has 0 heterocycles. The van der Waals surface area contributed by atoms with Crippen molar-refractivity contribution in [1.82, 2.24) is 0 Å². The third-order valence-corrected chi connectivity index (χ3v) is 5.41. The standard InChI is InChI=1S/C24H40O3/c1-6-7-8-9-10-11-12-13-14-20(23(26)27)16-19-15-18(2)22(25)21(17-19)24(3,4)5/h15,17,20,25H,6-14,16H2,1-5H3,(H,26,27). The largest absolute Gasteiger partial charge is 0.507 e. The smallest absolute Gasteiger partial charge is 0.306 e. The van der Waals surface area contributed by atoms with Gasteiger partial charge in [0.25, 0.3) is 0 Å². The molecule has 1 aromatic carbocycles. The summed E-state index contributed by atoms with van der Waals surface area (Å²) in [6.07, 6.45) is 11.1. The van der Waals surface area contributed by atoms with Gasteiger partial charge in [-0.3, -0.25) is 4.79 Å². The third-order valence-electron chi connectivity index (χ3n) is 5.41. The second-order valence-corrected chi connectivity index (χ2v) is 9.06. The Morgan fingerprint density at radius 1 is 1.00 bits per heavy atom. The molecule has 1 atom stereocenters. The van der Waals surface area contributed by atoms with Crippen LogP contribution >= 0.6 is 0 Å². The number of carboxylic acids is 1. The summed E-state index contributed by atoms with van der Waals surface area (Å²) in [6.45, 7) is 10.3. The van der Waals surface area contributed by atoms with Crippen molar-refractivity contribution in [1.29, 1.82) is 0 Å². The fraction of sp³-hybridized carbons (Fsp3) is 0.708. The van der Waals surface area contributed by atoms with Crippen LogP contribution in [0.1, 0.15) is 102 Å². The molecule has 154 valence electrons. The van der Waals surface area contributed by atoms with Gasteiger partial charge in [0.15, 0.2) is 0 Å². The number of phenols is 1. The Hall–Kier alpha value is -1.51. The second kappa shape index (κ2) is 11.4. The van der Waals surface area contributed by atoms with E-state index in [-0.39, 0.29) is 11.3 Å². The number of benzene rings is 1. The highest BCUT2D eigenvalue weighted by molar-refractivity contribution is 5.70. The number of unbranched alkanes of at least 4 members (excludes halogenated alkanes) is 7. The number of carbonyl (C=O) groups is 1. The molecule has 0 aromatic heterocycles. The van der Waals surface area contributed by atoms with Gasteiger partial charge in [0.1, 0.15) is 5.75 Å². The van der Waals surface area contributed by atoms with Gasteiger partial charge in [-0.2, -0.15) is 0 Å².